The Labute approximate surface area is 93.7 Å². The largest absolute Gasteiger partial charge is 0.463 e. The molecule has 0 unspecified atom stereocenters. The van der Waals surface area contributed by atoms with Crippen molar-refractivity contribution in [1.82, 2.24) is 0 Å². The molecule has 0 bridgehead atoms. The molecule has 2 heteroatoms. The molecular formula is C13H24O2. The second-order valence-corrected chi connectivity index (χ2v) is 3.70. The molecule has 0 heterocycles. The van der Waals surface area contributed by atoms with E-state index in [4.69, 9.17) is 4.74 Å². The highest BCUT2D eigenvalue weighted by molar-refractivity contribution is 5.88. The van der Waals surface area contributed by atoms with Gasteiger partial charge >= 0.3 is 5.97 Å². The zero-order chi connectivity index (χ0) is 11.5. The first-order valence-electron chi connectivity index (χ1n) is 6.12. The number of hydrogen-bond donors (Lipinski definition) is 0. The molecule has 0 rings (SSSR count). The van der Waals surface area contributed by atoms with Gasteiger partial charge in [-0.15, -0.1) is 0 Å². The lowest BCUT2D eigenvalue weighted by Crippen LogP contribution is -2.07. The van der Waals surface area contributed by atoms with Crippen molar-refractivity contribution in [2.45, 2.75) is 59.3 Å². The normalized spacial score (nSPS) is 11.5. The predicted molar refractivity (Wildman–Crippen MR) is 63.8 cm³/mol. The third-order valence-electron chi connectivity index (χ3n) is 2.26. The van der Waals surface area contributed by atoms with Crippen LogP contribution in [0.25, 0.3) is 0 Å². The standard InChI is InChI=1S/C13H24O2/c1-4-7-8-9-11-12(10-5-2)13(14)15-6-3/h11H,4-10H2,1-3H3. The van der Waals surface area contributed by atoms with Gasteiger partial charge in [-0.3, -0.25) is 0 Å². The SMILES string of the molecule is CCCCCC=C(CCC)C(=O)OCC. The molecule has 0 aliphatic carbocycles. The van der Waals surface area contributed by atoms with Gasteiger partial charge < -0.3 is 4.74 Å². The van der Waals surface area contributed by atoms with Crippen LogP contribution in [0.1, 0.15) is 59.3 Å². The van der Waals surface area contributed by atoms with Crippen LogP contribution in [0.2, 0.25) is 0 Å². The highest BCUT2D eigenvalue weighted by atomic mass is 16.5. The Balaban J connectivity index is 4.05. The van der Waals surface area contributed by atoms with Gasteiger partial charge in [-0.05, 0) is 26.2 Å². The molecule has 0 saturated heterocycles. The van der Waals surface area contributed by atoms with Gasteiger partial charge in [0.2, 0.25) is 0 Å². The maximum absolute atomic E-state index is 11.5. The number of esters is 1. The van der Waals surface area contributed by atoms with Crippen LogP contribution in [0, 0.1) is 0 Å². The van der Waals surface area contributed by atoms with Gasteiger partial charge in [0.15, 0.2) is 0 Å². The van der Waals surface area contributed by atoms with Crippen molar-refractivity contribution >= 4 is 5.97 Å². The van der Waals surface area contributed by atoms with Gasteiger partial charge in [0.1, 0.15) is 0 Å². The fourth-order valence-corrected chi connectivity index (χ4v) is 1.45. The molecule has 0 spiro atoms. The number of unbranched alkanes of at least 4 members (excludes halogenated alkanes) is 3. The monoisotopic (exact) mass is 212 g/mol. The highest BCUT2D eigenvalue weighted by Crippen LogP contribution is 2.10. The number of carbonyl (C=O) groups excluding carboxylic acids is 1. The summed E-state index contributed by atoms with van der Waals surface area (Å²) in [4.78, 5) is 11.5. The first kappa shape index (κ1) is 14.2. The Morgan fingerprint density at radius 3 is 2.40 bits per heavy atom. The lowest BCUT2D eigenvalue weighted by Gasteiger charge is -2.05. The van der Waals surface area contributed by atoms with Crippen LogP contribution in [0.15, 0.2) is 11.6 Å². The van der Waals surface area contributed by atoms with Crippen LogP contribution < -0.4 is 0 Å². The summed E-state index contributed by atoms with van der Waals surface area (Å²) in [6, 6.07) is 0. The molecule has 0 aromatic heterocycles. The van der Waals surface area contributed by atoms with E-state index < -0.39 is 0 Å². The summed E-state index contributed by atoms with van der Waals surface area (Å²) in [5, 5.41) is 0. The smallest absolute Gasteiger partial charge is 0.333 e. The Bertz CT molecular complexity index is 195. The molecule has 15 heavy (non-hydrogen) atoms. The minimum absolute atomic E-state index is 0.129. The average molecular weight is 212 g/mol. The lowest BCUT2D eigenvalue weighted by molar-refractivity contribution is -0.138. The average Bonchev–Trinajstić information content (AvgIpc) is 2.23. The van der Waals surface area contributed by atoms with Crippen molar-refractivity contribution < 1.29 is 9.53 Å². The Morgan fingerprint density at radius 2 is 1.87 bits per heavy atom. The molecule has 0 aliphatic heterocycles. The third kappa shape index (κ3) is 7.18. The fraction of sp³-hybridized carbons (Fsp3) is 0.769. The van der Waals surface area contributed by atoms with Gasteiger partial charge in [-0.1, -0.05) is 39.2 Å². The minimum Gasteiger partial charge on any atom is -0.463 e. The molecule has 0 amide bonds. The maximum atomic E-state index is 11.5. The van der Waals surface area contributed by atoms with Crippen LogP contribution in [0.3, 0.4) is 0 Å². The van der Waals surface area contributed by atoms with Gasteiger partial charge in [0, 0.05) is 5.57 Å². The molecular weight excluding hydrogens is 188 g/mol. The summed E-state index contributed by atoms with van der Waals surface area (Å²) in [7, 11) is 0. The maximum Gasteiger partial charge on any atom is 0.333 e. The lowest BCUT2D eigenvalue weighted by atomic mass is 10.1. The summed E-state index contributed by atoms with van der Waals surface area (Å²) < 4.78 is 5.01. The second kappa shape index (κ2) is 9.75. The van der Waals surface area contributed by atoms with Crippen LogP contribution >= 0.6 is 0 Å². The van der Waals surface area contributed by atoms with E-state index in [9.17, 15) is 4.79 Å². The highest BCUT2D eigenvalue weighted by Gasteiger charge is 2.08. The predicted octanol–water partition coefficient (Wildman–Crippen LogP) is 3.86. The van der Waals surface area contributed by atoms with E-state index in [2.05, 4.69) is 19.9 Å². The molecule has 0 aromatic rings. The van der Waals surface area contributed by atoms with Crippen molar-refractivity contribution in [3.8, 4) is 0 Å². The second-order valence-electron chi connectivity index (χ2n) is 3.70. The van der Waals surface area contributed by atoms with Gasteiger partial charge in [-0.2, -0.15) is 0 Å². The van der Waals surface area contributed by atoms with Crippen LogP contribution in [0.4, 0.5) is 0 Å². The quantitative estimate of drug-likeness (QED) is 0.347. The molecule has 0 atom stereocenters. The van der Waals surface area contributed by atoms with E-state index in [1.807, 2.05) is 6.92 Å². The van der Waals surface area contributed by atoms with E-state index in [1.54, 1.807) is 0 Å². The topological polar surface area (TPSA) is 26.3 Å². The number of rotatable bonds is 8. The van der Waals surface area contributed by atoms with Crippen molar-refractivity contribution in [3.63, 3.8) is 0 Å². The summed E-state index contributed by atoms with van der Waals surface area (Å²) in [6.07, 6.45) is 8.51. The van der Waals surface area contributed by atoms with Gasteiger partial charge in [-0.25, -0.2) is 4.79 Å². The number of carbonyl (C=O) groups is 1. The Morgan fingerprint density at radius 1 is 1.13 bits per heavy atom. The Kier molecular flexibility index (Phi) is 9.24. The van der Waals surface area contributed by atoms with Crippen molar-refractivity contribution in [3.05, 3.63) is 11.6 Å². The third-order valence-corrected chi connectivity index (χ3v) is 2.26. The molecule has 0 fully saturated rings. The van der Waals surface area contributed by atoms with Crippen LogP contribution in [0.5, 0.6) is 0 Å². The first-order valence-corrected chi connectivity index (χ1v) is 6.12. The molecule has 0 aliphatic rings. The Hall–Kier alpha value is -0.790. The zero-order valence-electron chi connectivity index (χ0n) is 10.3. The summed E-state index contributed by atoms with van der Waals surface area (Å²) in [5.74, 6) is -0.129. The van der Waals surface area contributed by atoms with E-state index in [0.717, 1.165) is 24.8 Å². The first-order chi connectivity index (χ1) is 7.26. The number of ether oxygens (including phenoxy) is 1. The summed E-state index contributed by atoms with van der Waals surface area (Å²) >= 11 is 0. The summed E-state index contributed by atoms with van der Waals surface area (Å²) in [5.41, 5.74) is 0.857. The van der Waals surface area contributed by atoms with Crippen molar-refractivity contribution in [2.75, 3.05) is 6.61 Å². The molecule has 0 N–H and O–H groups in total. The summed E-state index contributed by atoms with van der Waals surface area (Å²) in [6.45, 7) is 6.58. The van der Waals surface area contributed by atoms with E-state index in [0.29, 0.717) is 6.61 Å². The minimum atomic E-state index is -0.129. The van der Waals surface area contributed by atoms with Crippen molar-refractivity contribution in [2.24, 2.45) is 0 Å². The zero-order valence-corrected chi connectivity index (χ0v) is 10.3. The van der Waals surface area contributed by atoms with E-state index in [1.165, 1.54) is 19.3 Å². The molecule has 88 valence electrons. The van der Waals surface area contributed by atoms with Crippen molar-refractivity contribution in [1.29, 1.82) is 0 Å². The van der Waals surface area contributed by atoms with Gasteiger partial charge in [0.25, 0.3) is 0 Å². The molecule has 0 radical (unpaired) electrons. The number of allylic oxidation sites excluding steroid dienone is 1. The molecule has 0 aromatic carbocycles. The van der Waals surface area contributed by atoms with E-state index >= 15 is 0 Å². The van der Waals surface area contributed by atoms with Crippen LogP contribution in [-0.2, 0) is 9.53 Å². The fourth-order valence-electron chi connectivity index (χ4n) is 1.45. The molecule has 2 nitrogen and oxygen atoms in total. The van der Waals surface area contributed by atoms with E-state index in [-0.39, 0.29) is 5.97 Å². The van der Waals surface area contributed by atoms with Gasteiger partial charge in [0.05, 0.1) is 6.61 Å². The molecule has 0 saturated carbocycles. The number of hydrogen-bond acceptors (Lipinski definition) is 2. The van der Waals surface area contributed by atoms with Crippen LogP contribution in [-0.4, -0.2) is 12.6 Å².